The topological polar surface area (TPSA) is 76.0 Å². The summed E-state index contributed by atoms with van der Waals surface area (Å²) in [7, 11) is 0. The van der Waals surface area contributed by atoms with Crippen LogP contribution in [0.5, 0.6) is 0 Å². The van der Waals surface area contributed by atoms with Crippen molar-refractivity contribution in [1.82, 2.24) is 0 Å². The monoisotopic (exact) mass is 171 g/mol. The summed E-state index contributed by atoms with van der Waals surface area (Å²) in [6.07, 6.45) is 0.269. The Hall–Kier alpha value is -1.23. The first kappa shape index (κ1) is 8.86. The summed E-state index contributed by atoms with van der Waals surface area (Å²) in [5, 5.41) is 8.52. The fourth-order valence-corrected chi connectivity index (χ4v) is 0.921. The molecular weight excluding hydrogens is 162 g/mol. The van der Waals surface area contributed by atoms with E-state index in [9.17, 15) is 9.59 Å². The molecule has 0 aromatic heterocycles. The van der Waals surface area contributed by atoms with Crippen molar-refractivity contribution in [1.29, 1.82) is 0 Å². The maximum absolute atomic E-state index is 10.7. The van der Waals surface area contributed by atoms with Gasteiger partial charge in [-0.15, -0.1) is 0 Å². The minimum atomic E-state index is -0.515. The molecule has 1 aliphatic heterocycles. The van der Waals surface area contributed by atoms with Crippen LogP contribution in [0.25, 0.3) is 0 Å². The van der Waals surface area contributed by atoms with Crippen LogP contribution in [0, 0.1) is 5.92 Å². The van der Waals surface area contributed by atoms with Crippen LogP contribution in [0.3, 0.4) is 0 Å². The van der Waals surface area contributed by atoms with E-state index in [2.05, 4.69) is 9.73 Å². The van der Waals surface area contributed by atoms with Crippen molar-refractivity contribution in [2.45, 2.75) is 13.3 Å². The minimum absolute atomic E-state index is 0.114. The van der Waals surface area contributed by atoms with Crippen molar-refractivity contribution < 1.29 is 19.4 Å². The van der Waals surface area contributed by atoms with Crippen molar-refractivity contribution in [3.63, 3.8) is 0 Å². The van der Waals surface area contributed by atoms with E-state index in [4.69, 9.17) is 5.11 Å². The van der Waals surface area contributed by atoms with Gasteiger partial charge in [0.2, 0.25) is 5.90 Å². The van der Waals surface area contributed by atoms with E-state index < -0.39 is 11.9 Å². The Labute approximate surface area is 69.0 Å². The molecule has 0 bridgehead atoms. The molecule has 0 aromatic rings. The second kappa shape index (κ2) is 3.44. The Bertz CT molecular complexity index is 246. The summed E-state index contributed by atoms with van der Waals surface area (Å²) >= 11 is 0. The number of rotatable bonds is 2. The second-order valence-corrected chi connectivity index (χ2v) is 2.45. The molecule has 0 saturated heterocycles. The number of ether oxygens (including phenoxy) is 1. The summed E-state index contributed by atoms with van der Waals surface area (Å²) in [6.45, 7) is 1.12. The van der Waals surface area contributed by atoms with Crippen LogP contribution in [0.4, 0.5) is 0 Å². The van der Waals surface area contributed by atoms with E-state index in [1.54, 1.807) is 0 Å². The zero-order valence-electron chi connectivity index (χ0n) is 6.61. The van der Waals surface area contributed by atoms with Gasteiger partial charge in [-0.3, -0.25) is 9.59 Å². The Morgan fingerprint density at radius 3 is 2.83 bits per heavy atom. The van der Waals surface area contributed by atoms with Crippen LogP contribution in [-0.2, 0) is 14.3 Å². The first-order valence-electron chi connectivity index (χ1n) is 3.57. The molecule has 1 atom stereocenters. The van der Waals surface area contributed by atoms with Gasteiger partial charge >= 0.3 is 5.97 Å². The highest BCUT2D eigenvalue weighted by atomic mass is 16.5. The number of amides is 1. The Morgan fingerprint density at radius 2 is 2.42 bits per heavy atom. The number of aliphatic hydroxyl groups excluding tert-OH is 1. The van der Waals surface area contributed by atoms with Crippen molar-refractivity contribution in [3.8, 4) is 0 Å². The number of aliphatic imine (C=N–C) groups is 1. The summed E-state index contributed by atoms with van der Waals surface area (Å²) in [5.41, 5.74) is 0. The zero-order chi connectivity index (χ0) is 9.14. The second-order valence-electron chi connectivity index (χ2n) is 2.45. The lowest BCUT2D eigenvalue weighted by Crippen LogP contribution is -2.36. The lowest BCUT2D eigenvalue weighted by molar-refractivity contribution is -0.134. The number of carbonyl (C=O) groups is 2. The SMILES string of the molecule is CC(=O)OC1=NC(=O)C1CCO. The average molecular weight is 171 g/mol. The van der Waals surface area contributed by atoms with E-state index >= 15 is 0 Å². The van der Waals surface area contributed by atoms with Gasteiger partial charge in [-0.25, -0.2) is 0 Å². The van der Waals surface area contributed by atoms with E-state index in [1.165, 1.54) is 6.92 Å². The molecule has 0 saturated carbocycles. The summed E-state index contributed by atoms with van der Waals surface area (Å²) in [5.74, 6) is -1.22. The molecule has 0 aromatic carbocycles. The quantitative estimate of drug-likeness (QED) is 0.567. The standard InChI is InChI=1S/C7H9NO4/c1-4(10)12-7-5(2-3-9)6(11)8-7/h5,9H,2-3H2,1H3. The third kappa shape index (κ3) is 1.68. The lowest BCUT2D eigenvalue weighted by atomic mass is 10.0. The van der Waals surface area contributed by atoms with Gasteiger partial charge in [-0.05, 0) is 6.42 Å². The summed E-state index contributed by atoms with van der Waals surface area (Å²) in [6, 6.07) is 0. The Kier molecular flexibility index (Phi) is 2.54. The average Bonchev–Trinajstić information content (AvgIpc) is 1.99. The van der Waals surface area contributed by atoms with Crippen LogP contribution in [0.1, 0.15) is 13.3 Å². The number of esters is 1. The molecule has 1 amide bonds. The highest BCUT2D eigenvalue weighted by Gasteiger charge is 2.35. The van der Waals surface area contributed by atoms with Gasteiger partial charge in [0.25, 0.3) is 5.91 Å². The third-order valence-electron chi connectivity index (χ3n) is 1.48. The van der Waals surface area contributed by atoms with Gasteiger partial charge in [0.15, 0.2) is 0 Å². The Morgan fingerprint density at radius 1 is 1.75 bits per heavy atom. The van der Waals surface area contributed by atoms with Crippen LogP contribution in [0.15, 0.2) is 4.99 Å². The lowest BCUT2D eigenvalue weighted by Gasteiger charge is -2.20. The smallest absolute Gasteiger partial charge is 0.309 e. The molecule has 12 heavy (non-hydrogen) atoms. The van der Waals surface area contributed by atoms with E-state index in [-0.39, 0.29) is 24.8 Å². The van der Waals surface area contributed by atoms with Gasteiger partial charge in [-0.2, -0.15) is 4.99 Å². The van der Waals surface area contributed by atoms with Gasteiger partial charge in [0.1, 0.15) is 5.92 Å². The maximum Gasteiger partial charge on any atom is 0.309 e. The van der Waals surface area contributed by atoms with Crippen molar-refractivity contribution in [2.24, 2.45) is 10.9 Å². The molecule has 1 rings (SSSR count). The van der Waals surface area contributed by atoms with Crippen molar-refractivity contribution in [3.05, 3.63) is 0 Å². The van der Waals surface area contributed by atoms with E-state index in [0.29, 0.717) is 0 Å². The van der Waals surface area contributed by atoms with E-state index in [0.717, 1.165) is 0 Å². The van der Waals surface area contributed by atoms with Crippen molar-refractivity contribution in [2.75, 3.05) is 6.61 Å². The van der Waals surface area contributed by atoms with Crippen molar-refractivity contribution >= 4 is 17.8 Å². The molecule has 5 nitrogen and oxygen atoms in total. The first-order valence-corrected chi connectivity index (χ1v) is 3.57. The van der Waals surface area contributed by atoms with Gasteiger partial charge in [0, 0.05) is 13.5 Å². The van der Waals surface area contributed by atoms with Crippen LogP contribution in [0.2, 0.25) is 0 Å². The van der Waals surface area contributed by atoms with Crippen LogP contribution < -0.4 is 0 Å². The molecular formula is C7H9NO4. The molecule has 0 spiro atoms. The molecule has 1 heterocycles. The maximum atomic E-state index is 10.7. The largest absolute Gasteiger partial charge is 0.411 e. The molecule has 0 aliphatic carbocycles. The van der Waals surface area contributed by atoms with Gasteiger partial charge in [0.05, 0.1) is 0 Å². The predicted molar refractivity (Wildman–Crippen MR) is 39.4 cm³/mol. The number of hydrogen-bond acceptors (Lipinski definition) is 4. The van der Waals surface area contributed by atoms with E-state index in [1.807, 2.05) is 0 Å². The highest BCUT2D eigenvalue weighted by molar-refractivity contribution is 6.16. The number of nitrogens with zero attached hydrogens (tertiary/aromatic N) is 1. The third-order valence-corrected chi connectivity index (χ3v) is 1.48. The molecule has 1 aliphatic rings. The van der Waals surface area contributed by atoms with Gasteiger partial charge in [-0.1, -0.05) is 0 Å². The minimum Gasteiger partial charge on any atom is -0.411 e. The van der Waals surface area contributed by atoms with Crippen LogP contribution >= 0.6 is 0 Å². The summed E-state index contributed by atoms with van der Waals surface area (Å²) < 4.78 is 4.60. The molecule has 1 unspecified atom stereocenters. The fourth-order valence-electron chi connectivity index (χ4n) is 0.921. The Balaban J connectivity index is 2.51. The number of hydrogen-bond donors (Lipinski definition) is 1. The van der Waals surface area contributed by atoms with Gasteiger partial charge < -0.3 is 9.84 Å². The molecule has 0 fully saturated rings. The first-order chi connectivity index (χ1) is 5.65. The molecule has 0 radical (unpaired) electrons. The zero-order valence-corrected chi connectivity index (χ0v) is 6.61. The highest BCUT2D eigenvalue weighted by Crippen LogP contribution is 2.18. The van der Waals surface area contributed by atoms with Crippen LogP contribution in [-0.4, -0.2) is 29.5 Å². The molecule has 5 heteroatoms. The fraction of sp³-hybridized carbons (Fsp3) is 0.571. The molecule has 66 valence electrons. The summed E-state index contributed by atoms with van der Waals surface area (Å²) in [4.78, 5) is 24.5. The normalized spacial score (nSPS) is 21.3. The predicted octanol–water partition coefficient (Wildman–Crippen LogP) is -0.513. The number of carbonyl (C=O) groups excluding carboxylic acids is 2. The molecule has 1 N–H and O–H groups in total. The number of aliphatic hydroxyl groups is 1.